The Balaban J connectivity index is 2.36. The van der Waals surface area contributed by atoms with Gasteiger partial charge in [-0.15, -0.1) is 0 Å². The van der Waals surface area contributed by atoms with Crippen molar-refractivity contribution in [1.29, 1.82) is 0 Å². The Bertz CT molecular complexity index is 577. The van der Waals surface area contributed by atoms with Crippen molar-refractivity contribution in [2.75, 3.05) is 18.1 Å². The molecule has 1 aliphatic heterocycles. The largest absolute Gasteiger partial charge is 0.394 e. The highest BCUT2D eigenvalue weighted by atomic mass is 32.2. The van der Waals surface area contributed by atoms with E-state index in [1.54, 1.807) is 0 Å². The molecular weight excluding hydrogens is 283 g/mol. The number of aliphatic hydroxyl groups is 1. The lowest BCUT2D eigenvalue weighted by molar-refractivity contribution is 0.254. The first-order chi connectivity index (χ1) is 9.43. The number of hydrogen-bond donors (Lipinski definition) is 2. The van der Waals surface area contributed by atoms with E-state index in [4.69, 9.17) is 5.14 Å². The highest BCUT2D eigenvalue weighted by Gasteiger charge is 2.23. The zero-order valence-corrected chi connectivity index (χ0v) is 11.9. The van der Waals surface area contributed by atoms with Crippen molar-refractivity contribution in [3.63, 3.8) is 0 Å². The average molecular weight is 302 g/mol. The third kappa shape index (κ3) is 3.28. The number of anilines is 1. The first-order valence-corrected chi connectivity index (χ1v) is 8.18. The molecule has 0 saturated carbocycles. The molecule has 1 aromatic rings. The Morgan fingerprint density at radius 3 is 2.70 bits per heavy atom. The van der Waals surface area contributed by atoms with Crippen molar-refractivity contribution in [2.45, 2.75) is 36.6 Å². The number of primary sulfonamides is 1. The van der Waals surface area contributed by atoms with Gasteiger partial charge >= 0.3 is 0 Å². The van der Waals surface area contributed by atoms with Crippen LogP contribution in [0.1, 0.15) is 25.7 Å². The molecule has 1 unspecified atom stereocenters. The third-order valence-electron chi connectivity index (χ3n) is 3.64. The molecule has 1 aliphatic rings. The van der Waals surface area contributed by atoms with Crippen LogP contribution in [0.15, 0.2) is 23.1 Å². The third-order valence-corrected chi connectivity index (χ3v) is 4.56. The van der Waals surface area contributed by atoms with E-state index in [2.05, 4.69) is 0 Å². The van der Waals surface area contributed by atoms with Gasteiger partial charge in [-0.3, -0.25) is 0 Å². The number of sulfonamides is 1. The van der Waals surface area contributed by atoms with E-state index in [1.165, 1.54) is 12.1 Å². The fourth-order valence-corrected chi connectivity index (χ4v) is 3.11. The summed E-state index contributed by atoms with van der Waals surface area (Å²) >= 11 is 0. The van der Waals surface area contributed by atoms with Crippen molar-refractivity contribution < 1.29 is 17.9 Å². The molecule has 0 bridgehead atoms. The van der Waals surface area contributed by atoms with E-state index >= 15 is 0 Å². The summed E-state index contributed by atoms with van der Waals surface area (Å²) in [6.07, 6.45) is 3.77. The Hall–Kier alpha value is -1.18. The van der Waals surface area contributed by atoms with Crippen LogP contribution in [0.5, 0.6) is 0 Å². The lowest BCUT2D eigenvalue weighted by Gasteiger charge is -2.31. The molecule has 0 aromatic heterocycles. The van der Waals surface area contributed by atoms with E-state index in [0.29, 0.717) is 12.2 Å². The maximum absolute atomic E-state index is 14.2. The fourth-order valence-electron chi connectivity index (χ4n) is 2.58. The van der Waals surface area contributed by atoms with Gasteiger partial charge in [0.2, 0.25) is 10.0 Å². The molecule has 7 heteroatoms. The fraction of sp³-hybridized carbons (Fsp3) is 0.538. The molecule has 112 valence electrons. The number of aliphatic hydroxyl groups excluding tert-OH is 1. The number of benzene rings is 1. The summed E-state index contributed by atoms with van der Waals surface area (Å²) in [5.41, 5.74) is 0.318. The second-order valence-electron chi connectivity index (χ2n) is 5.04. The smallest absolute Gasteiger partial charge is 0.238 e. The molecule has 3 N–H and O–H groups in total. The minimum absolute atomic E-state index is 0.0453. The van der Waals surface area contributed by atoms with Crippen molar-refractivity contribution in [3.8, 4) is 0 Å². The molecule has 0 spiro atoms. The highest BCUT2D eigenvalue weighted by molar-refractivity contribution is 7.89. The Morgan fingerprint density at radius 2 is 2.10 bits per heavy atom. The summed E-state index contributed by atoms with van der Waals surface area (Å²) in [4.78, 5) is 1.57. The molecule has 1 fully saturated rings. The van der Waals surface area contributed by atoms with E-state index in [0.717, 1.165) is 31.7 Å². The Morgan fingerprint density at radius 1 is 1.35 bits per heavy atom. The topological polar surface area (TPSA) is 83.6 Å². The van der Waals surface area contributed by atoms with Gasteiger partial charge in [0, 0.05) is 6.54 Å². The van der Waals surface area contributed by atoms with Crippen LogP contribution in [0.25, 0.3) is 0 Å². The molecule has 1 saturated heterocycles. The maximum Gasteiger partial charge on any atom is 0.238 e. The van der Waals surface area contributed by atoms with Crippen LogP contribution in [-0.4, -0.2) is 32.7 Å². The predicted molar refractivity (Wildman–Crippen MR) is 74.5 cm³/mol. The summed E-state index contributed by atoms with van der Waals surface area (Å²) in [5, 5.41) is 14.4. The van der Waals surface area contributed by atoms with Crippen molar-refractivity contribution in [1.82, 2.24) is 0 Å². The molecule has 0 aliphatic carbocycles. The van der Waals surface area contributed by atoms with Gasteiger partial charge in [-0.25, -0.2) is 17.9 Å². The molecule has 20 heavy (non-hydrogen) atoms. The first kappa shape index (κ1) is 15.2. The Kier molecular flexibility index (Phi) is 4.62. The molecule has 0 radical (unpaired) electrons. The zero-order chi connectivity index (χ0) is 14.8. The van der Waals surface area contributed by atoms with E-state index in [9.17, 15) is 17.9 Å². The molecule has 0 amide bonds. The zero-order valence-electron chi connectivity index (χ0n) is 11.1. The SMILES string of the molecule is NS(=O)(=O)c1ccc(N2CCCCCC2CO)c(F)c1. The van der Waals surface area contributed by atoms with Crippen LogP contribution in [-0.2, 0) is 10.0 Å². The number of halogens is 1. The van der Waals surface area contributed by atoms with Crippen LogP contribution in [0.2, 0.25) is 0 Å². The lowest BCUT2D eigenvalue weighted by atomic mass is 10.1. The van der Waals surface area contributed by atoms with Crippen LogP contribution in [0.4, 0.5) is 10.1 Å². The van der Waals surface area contributed by atoms with Gasteiger partial charge in [-0.05, 0) is 31.0 Å². The summed E-state index contributed by atoms with van der Waals surface area (Å²) in [6, 6.07) is 3.52. The van der Waals surface area contributed by atoms with Crippen LogP contribution < -0.4 is 10.0 Å². The molecule has 1 atom stereocenters. The van der Waals surface area contributed by atoms with Gasteiger partial charge in [0.15, 0.2) is 0 Å². The number of hydrogen-bond acceptors (Lipinski definition) is 4. The van der Waals surface area contributed by atoms with Gasteiger partial charge in [-0.1, -0.05) is 12.8 Å². The minimum Gasteiger partial charge on any atom is -0.394 e. The summed E-state index contributed by atoms with van der Waals surface area (Å²) in [7, 11) is -3.91. The first-order valence-electron chi connectivity index (χ1n) is 6.63. The summed E-state index contributed by atoms with van der Waals surface area (Å²) in [6.45, 7) is 0.604. The lowest BCUT2D eigenvalue weighted by Crippen LogP contribution is -2.38. The van der Waals surface area contributed by atoms with Gasteiger partial charge in [-0.2, -0.15) is 0 Å². The van der Waals surface area contributed by atoms with Gasteiger partial charge in [0.05, 0.1) is 23.2 Å². The van der Waals surface area contributed by atoms with Gasteiger partial charge in [0.25, 0.3) is 0 Å². The van der Waals surface area contributed by atoms with Gasteiger partial charge < -0.3 is 10.0 Å². The molecule has 5 nitrogen and oxygen atoms in total. The van der Waals surface area contributed by atoms with Crippen molar-refractivity contribution >= 4 is 15.7 Å². The molecule has 2 rings (SSSR count). The van der Waals surface area contributed by atoms with E-state index in [-0.39, 0.29) is 17.5 Å². The number of nitrogens with zero attached hydrogens (tertiary/aromatic N) is 1. The van der Waals surface area contributed by atoms with Crippen LogP contribution in [0, 0.1) is 5.82 Å². The van der Waals surface area contributed by atoms with E-state index in [1.807, 2.05) is 4.90 Å². The average Bonchev–Trinajstić information content (AvgIpc) is 2.62. The quantitative estimate of drug-likeness (QED) is 0.879. The van der Waals surface area contributed by atoms with E-state index < -0.39 is 15.8 Å². The van der Waals surface area contributed by atoms with Gasteiger partial charge in [0.1, 0.15) is 5.82 Å². The standard InChI is InChI=1S/C13H19FN2O3S/c14-12-8-11(20(15,18)19)5-6-13(12)16-7-3-1-2-4-10(16)9-17/h5-6,8,10,17H,1-4,7,9H2,(H2,15,18,19). The normalized spacial score (nSPS) is 20.8. The highest BCUT2D eigenvalue weighted by Crippen LogP contribution is 2.28. The number of rotatable bonds is 3. The molecule has 1 heterocycles. The Labute approximate surface area is 118 Å². The molecule has 1 aromatic carbocycles. The predicted octanol–water partition coefficient (Wildman–Crippen LogP) is 1.21. The molecular formula is C13H19FN2O3S. The number of nitrogens with two attached hydrogens (primary N) is 1. The summed E-state index contributed by atoms with van der Waals surface area (Å²) in [5.74, 6) is -0.628. The monoisotopic (exact) mass is 302 g/mol. The second kappa shape index (κ2) is 6.07. The van der Waals surface area contributed by atoms with Crippen molar-refractivity contribution in [2.24, 2.45) is 5.14 Å². The van der Waals surface area contributed by atoms with Crippen LogP contribution >= 0.6 is 0 Å². The van der Waals surface area contributed by atoms with Crippen molar-refractivity contribution in [3.05, 3.63) is 24.0 Å². The maximum atomic E-state index is 14.2. The second-order valence-corrected chi connectivity index (χ2v) is 6.60. The van der Waals surface area contributed by atoms with Crippen LogP contribution in [0.3, 0.4) is 0 Å². The minimum atomic E-state index is -3.91. The summed E-state index contributed by atoms with van der Waals surface area (Å²) < 4.78 is 36.6.